The zero-order valence-corrected chi connectivity index (χ0v) is 56.4. The summed E-state index contributed by atoms with van der Waals surface area (Å²) in [5.41, 5.74) is 2.48. The van der Waals surface area contributed by atoms with Crippen molar-refractivity contribution < 1.29 is 112 Å². The molecule has 95 heavy (non-hydrogen) atoms. The molecule has 0 bridgehead atoms. The molecule has 21 nitrogen and oxygen atoms in total. The van der Waals surface area contributed by atoms with Crippen LogP contribution >= 0.6 is 0 Å². The van der Waals surface area contributed by atoms with E-state index >= 15 is 0 Å². The number of amides is 2. The third-order valence-electron chi connectivity index (χ3n) is 15.4. The van der Waals surface area contributed by atoms with Crippen LogP contribution in [0.1, 0.15) is 134 Å². The summed E-state index contributed by atoms with van der Waals surface area (Å²) in [5.74, 6) is 1.66. The van der Waals surface area contributed by atoms with Crippen molar-refractivity contribution in [3.05, 3.63) is 120 Å². The lowest BCUT2D eigenvalue weighted by molar-refractivity contribution is -0.303. The van der Waals surface area contributed by atoms with Crippen molar-refractivity contribution in [2.75, 3.05) is 48.0 Å². The second kappa shape index (κ2) is 51.7. The Morgan fingerprint density at radius 1 is 0.484 bits per heavy atom. The first-order valence-corrected chi connectivity index (χ1v) is 32.8. The maximum atomic E-state index is 14.0. The summed E-state index contributed by atoms with van der Waals surface area (Å²) in [4.78, 5) is 25.9. The summed E-state index contributed by atoms with van der Waals surface area (Å²) in [5, 5.41) is 117. The predicted molar refractivity (Wildman–Crippen MR) is 353 cm³/mol. The summed E-state index contributed by atoms with van der Waals surface area (Å²) in [7, 11) is 1.50. The summed E-state index contributed by atoms with van der Waals surface area (Å²) < 4.78 is 75.8. The number of carbonyl (C=O) groups excluding carboxylic acids is 2. The van der Waals surface area contributed by atoms with Crippen LogP contribution in [0, 0.1) is 6.92 Å². The molecule has 2 fully saturated rings. The molecule has 16 atom stereocenters. The Bertz CT molecular complexity index is 2520. The van der Waals surface area contributed by atoms with Gasteiger partial charge < -0.3 is 95.2 Å². The van der Waals surface area contributed by atoms with Gasteiger partial charge in [-0.25, -0.2) is 4.39 Å². The predicted octanol–water partition coefficient (Wildman–Crippen LogP) is 7.66. The maximum Gasteiger partial charge on any atom is 0.224 e. The Kier molecular flexibility index (Phi) is 47.7. The zero-order valence-electron chi connectivity index (χ0n) is 56.4. The first-order chi connectivity index (χ1) is 45.8. The quantitative estimate of drug-likeness (QED) is 0.0153. The van der Waals surface area contributed by atoms with Crippen LogP contribution < -0.4 is 20.1 Å². The first-order valence-electron chi connectivity index (χ1n) is 32.8. The van der Waals surface area contributed by atoms with Crippen LogP contribution in [0.5, 0.6) is 23.0 Å². The number of hydrogen-bond acceptors (Lipinski definition) is 19. The number of nitrogens with one attached hydrogen (secondary N) is 2. The third kappa shape index (κ3) is 32.6. The average Bonchev–Trinajstić information content (AvgIpc) is 0.851. The van der Waals surface area contributed by atoms with Gasteiger partial charge in [-0.1, -0.05) is 165 Å². The minimum Gasteiger partial charge on any atom is -0.457 e. The highest BCUT2D eigenvalue weighted by Gasteiger charge is 2.47. The highest BCUT2D eigenvalue weighted by atomic mass is 19.1. The molecule has 0 spiro atoms. The molecule has 0 aliphatic carbocycles. The minimum atomic E-state index is -2.02. The number of alkyl halides is 4. The second-order valence-electron chi connectivity index (χ2n) is 22.5. The Morgan fingerprint density at radius 2 is 0.853 bits per heavy atom. The van der Waals surface area contributed by atoms with Crippen LogP contribution in [0.4, 0.5) is 17.6 Å². The molecule has 0 aromatic heterocycles. The van der Waals surface area contributed by atoms with Gasteiger partial charge in [-0.05, 0) is 79.4 Å². The molecule has 2 saturated heterocycles. The Hall–Kier alpha value is -5.46. The second-order valence-corrected chi connectivity index (χ2v) is 22.5. The van der Waals surface area contributed by atoms with Crippen molar-refractivity contribution in [1.82, 2.24) is 10.6 Å². The van der Waals surface area contributed by atoms with Gasteiger partial charge in [0.25, 0.3) is 0 Å². The topological polar surface area (TPSA) is 336 Å². The molecule has 0 radical (unpaired) electrons. The van der Waals surface area contributed by atoms with Crippen LogP contribution in [-0.4, -0.2) is 214 Å². The number of aliphatic hydroxyl groups is 11. The molecule has 13 N–H and O–H groups in total. The van der Waals surface area contributed by atoms with Crippen molar-refractivity contribution in [3.8, 4) is 23.0 Å². The number of para-hydroxylation sites is 1. The minimum absolute atomic E-state index is 0.0249. The molecule has 0 saturated carbocycles. The molecule has 2 aliphatic rings. The normalized spacial score (nSPS) is 22.3. The van der Waals surface area contributed by atoms with Crippen molar-refractivity contribution in [2.45, 2.75) is 235 Å². The lowest BCUT2D eigenvalue weighted by Gasteiger charge is -2.40. The molecular weight excluding hydrogens is 1250 g/mol. The van der Waals surface area contributed by atoms with Crippen LogP contribution in [0.25, 0.3) is 0 Å². The number of ether oxygens (including phenoxy) is 6. The van der Waals surface area contributed by atoms with E-state index in [1.54, 1.807) is 55.5 Å². The number of unbranched alkanes of at least 4 members (excludes halogenated alkanes) is 11. The Morgan fingerprint density at radius 3 is 1.26 bits per heavy atom. The highest BCUT2D eigenvalue weighted by molar-refractivity contribution is 5.79. The van der Waals surface area contributed by atoms with E-state index < -0.39 is 130 Å². The van der Waals surface area contributed by atoms with Crippen LogP contribution in [0.3, 0.4) is 0 Å². The van der Waals surface area contributed by atoms with Gasteiger partial charge in [0, 0.05) is 0 Å². The SMILES string of the molecule is CC.CCCCCCCCCCCCCC[C@@H](O)[C@@H](O)[C@H](CO[C@H]1OC(CO)[C@H](O)[C@H](O)C1O)NC(=O)Cc1ccc(Oc2ccc(C)cc2)cc1.CC[C@@H](O)[C@@H](O)[C@H](CO[C@H]1OC(CO)[C@H](F)[C@H](O)C1O)NC(=O)Cc1ccc(Oc2ccccc2)cc1.CF.CF.CF. The summed E-state index contributed by atoms with van der Waals surface area (Å²) in [6, 6.07) is 28.6. The first kappa shape index (κ1) is 87.6. The summed E-state index contributed by atoms with van der Waals surface area (Å²) in [6.07, 6.45) is -6.71. The number of benzene rings is 4. The van der Waals surface area contributed by atoms with Gasteiger partial charge in [0.15, 0.2) is 18.8 Å². The van der Waals surface area contributed by atoms with Crippen molar-refractivity contribution in [1.29, 1.82) is 0 Å². The van der Waals surface area contributed by atoms with E-state index in [0.717, 1.165) is 24.8 Å². The number of halogens is 4. The molecule has 6 rings (SSSR count). The fourth-order valence-electron chi connectivity index (χ4n) is 9.98. The average molecular weight is 1360 g/mol. The van der Waals surface area contributed by atoms with Gasteiger partial charge in [-0.2, -0.15) is 0 Å². The molecule has 2 aliphatic heterocycles. The largest absolute Gasteiger partial charge is 0.457 e. The van der Waals surface area contributed by atoms with Gasteiger partial charge in [-0.3, -0.25) is 22.8 Å². The molecule has 2 amide bonds. The fraction of sp³-hybridized carbons (Fsp3) is 0.629. The van der Waals surface area contributed by atoms with E-state index in [1.807, 2.05) is 75.4 Å². The molecule has 25 heteroatoms. The Balaban J connectivity index is 0.000000889. The van der Waals surface area contributed by atoms with Gasteiger partial charge in [-0.15, -0.1) is 0 Å². The van der Waals surface area contributed by atoms with E-state index in [0.29, 0.717) is 68.5 Å². The zero-order chi connectivity index (χ0) is 71.3. The van der Waals surface area contributed by atoms with E-state index in [-0.39, 0.29) is 25.9 Å². The van der Waals surface area contributed by atoms with E-state index in [2.05, 4.69) is 17.6 Å². The van der Waals surface area contributed by atoms with Gasteiger partial charge in [0.1, 0.15) is 77.9 Å². The van der Waals surface area contributed by atoms with Gasteiger partial charge >= 0.3 is 0 Å². The molecular formula is C70H110F4N2O19. The van der Waals surface area contributed by atoms with Crippen molar-refractivity contribution in [3.63, 3.8) is 0 Å². The van der Waals surface area contributed by atoms with Crippen molar-refractivity contribution >= 4 is 11.8 Å². The Labute approximate surface area is 558 Å². The van der Waals surface area contributed by atoms with Crippen LogP contribution in [0.15, 0.2) is 103 Å². The van der Waals surface area contributed by atoms with E-state index in [4.69, 9.17) is 28.4 Å². The summed E-state index contributed by atoms with van der Waals surface area (Å²) >= 11 is 0. The fourth-order valence-corrected chi connectivity index (χ4v) is 9.98. The number of hydrogen-bond donors (Lipinski definition) is 13. The standard InChI is InChI=1S/C39H61NO10.C26H34FNO9.C2H6.3CH3F/c1-3-4-5-6-7-8-9-10-11-12-13-14-15-32(42)35(44)31(26-48-39-38(47)37(46)36(45)33(25-41)50-39)40-34(43)24-28-18-22-30(23-19-28)49-29-20-16-27(2)17-21-29;1-2-19(30)23(32)18(14-35-26-25(34)24(33)22(27)20(13-29)37-26)28-21(31)12-15-8-10-17(11-9-15)36-16-6-4-3-5-7-16;4*1-2/h16-23,31-33,35-39,41-42,44-47H,3-15,24-26H2,1-2H3,(H,40,43);3-11,18-20,22-26,29-30,32-34H,2,12-14H2,1H3,(H,28,31);1-2H3;3*1H3/t31-,32+,33?,35-,36-,37-,38?,39-;18-,19+,20?,22-,23-,24-,25?,26-;;;;/m00..../s1. The molecule has 4 aromatic rings. The van der Waals surface area contributed by atoms with E-state index in [1.165, 1.54) is 51.4 Å². The van der Waals surface area contributed by atoms with Crippen LogP contribution in [-0.2, 0) is 41.4 Å². The van der Waals surface area contributed by atoms with Crippen LogP contribution in [0.2, 0.25) is 0 Å². The summed E-state index contributed by atoms with van der Waals surface area (Å²) in [6.45, 7) is 7.67. The lowest BCUT2D eigenvalue weighted by atomic mass is 9.98. The monoisotopic (exact) mass is 1360 g/mol. The maximum absolute atomic E-state index is 14.0. The number of aryl methyl sites for hydroxylation is 1. The number of carbonyl (C=O) groups is 2. The molecule has 4 aromatic carbocycles. The van der Waals surface area contributed by atoms with Gasteiger partial charge in [0.2, 0.25) is 11.8 Å². The molecule has 2 heterocycles. The number of rotatable bonds is 36. The number of aliphatic hydroxyl groups excluding tert-OH is 11. The van der Waals surface area contributed by atoms with E-state index in [9.17, 15) is 83.3 Å². The lowest BCUT2D eigenvalue weighted by Crippen LogP contribution is -2.60. The molecule has 4 unspecified atom stereocenters. The van der Waals surface area contributed by atoms with Crippen molar-refractivity contribution in [2.24, 2.45) is 0 Å². The third-order valence-corrected chi connectivity index (χ3v) is 15.4. The smallest absolute Gasteiger partial charge is 0.224 e. The van der Waals surface area contributed by atoms with Gasteiger partial charge in [0.05, 0.1) is 85.1 Å². The highest BCUT2D eigenvalue weighted by Crippen LogP contribution is 2.28. The molecule has 542 valence electrons.